The molecule has 0 fully saturated rings. The maximum absolute atomic E-state index is 4.51. The van der Waals surface area contributed by atoms with Crippen molar-refractivity contribution in [3.63, 3.8) is 0 Å². The summed E-state index contributed by atoms with van der Waals surface area (Å²) in [6.45, 7) is 6.39. The largest absolute Gasteiger partial charge is 0.302 e. The lowest BCUT2D eigenvalue weighted by Gasteiger charge is -2.19. The highest BCUT2D eigenvalue weighted by Gasteiger charge is 2.12. The summed E-state index contributed by atoms with van der Waals surface area (Å²) in [7, 11) is 0. The predicted octanol–water partition coefficient (Wildman–Crippen LogP) is 3.86. The van der Waals surface area contributed by atoms with Crippen LogP contribution in [0.3, 0.4) is 0 Å². The number of nitrogens with one attached hydrogen (secondary N) is 1. The summed E-state index contributed by atoms with van der Waals surface area (Å²) in [5, 5.41) is 6.83. The molecule has 1 aromatic heterocycles. The summed E-state index contributed by atoms with van der Waals surface area (Å²) in [6.07, 6.45) is 0. The number of nitrogens with zero attached hydrogens (tertiary/aromatic N) is 1. The Hall–Kier alpha value is -1.19. The van der Waals surface area contributed by atoms with Crippen molar-refractivity contribution in [3.8, 4) is 0 Å². The van der Waals surface area contributed by atoms with E-state index >= 15 is 0 Å². The number of aryl methyl sites for hydroxylation is 1. The minimum Gasteiger partial charge on any atom is -0.302 e. The molecule has 1 aromatic carbocycles. The number of aromatic nitrogens is 1. The highest BCUT2D eigenvalue weighted by molar-refractivity contribution is 7.09. The Balaban J connectivity index is 2.02. The number of rotatable bonds is 4. The predicted molar refractivity (Wildman–Crippen MR) is 73.3 cm³/mol. The normalized spacial score (nSPS) is 14.5. The van der Waals surface area contributed by atoms with Gasteiger partial charge >= 0.3 is 0 Å². The van der Waals surface area contributed by atoms with Crippen LogP contribution in [0, 0.1) is 6.92 Å². The van der Waals surface area contributed by atoms with Gasteiger partial charge in [0.15, 0.2) is 0 Å². The van der Waals surface area contributed by atoms with Crippen LogP contribution in [0.1, 0.15) is 42.2 Å². The smallest absolute Gasteiger partial charge is 0.0898 e. The zero-order valence-corrected chi connectivity index (χ0v) is 11.3. The van der Waals surface area contributed by atoms with Gasteiger partial charge in [-0.15, -0.1) is 11.3 Å². The SMILES string of the molecule is Cc1nc(C(C)N[C@@H](C)c2ccccc2)cs1. The van der Waals surface area contributed by atoms with Crippen LogP contribution in [0.2, 0.25) is 0 Å². The van der Waals surface area contributed by atoms with Gasteiger partial charge in [-0.1, -0.05) is 30.3 Å². The van der Waals surface area contributed by atoms with Crippen molar-refractivity contribution in [2.45, 2.75) is 32.9 Å². The molecule has 0 aliphatic heterocycles. The summed E-state index contributed by atoms with van der Waals surface area (Å²) in [5.74, 6) is 0. The van der Waals surface area contributed by atoms with Gasteiger partial charge in [-0.05, 0) is 26.3 Å². The lowest BCUT2D eigenvalue weighted by atomic mass is 10.1. The topological polar surface area (TPSA) is 24.9 Å². The van der Waals surface area contributed by atoms with E-state index in [1.54, 1.807) is 11.3 Å². The van der Waals surface area contributed by atoms with Crippen LogP contribution < -0.4 is 5.32 Å². The molecule has 90 valence electrons. The monoisotopic (exact) mass is 246 g/mol. The molecule has 0 saturated heterocycles. The number of hydrogen-bond acceptors (Lipinski definition) is 3. The lowest BCUT2D eigenvalue weighted by molar-refractivity contribution is 0.487. The molecule has 0 bridgehead atoms. The van der Waals surface area contributed by atoms with E-state index in [0.717, 1.165) is 10.7 Å². The molecule has 2 aromatic rings. The highest BCUT2D eigenvalue weighted by Crippen LogP contribution is 2.20. The standard InChI is InChI=1S/C14H18N2S/c1-10(13-7-5-4-6-8-13)15-11(2)14-9-17-12(3)16-14/h4-11,15H,1-3H3/t10-,11?/m0/s1. The quantitative estimate of drug-likeness (QED) is 0.886. The minimum absolute atomic E-state index is 0.287. The average Bonchev–Trinajstić information content (AvgIpc) is 2.77. The van der Waals surface area contributed by atoms with Crippen LogP contribution in [-0.2, 0) is 0 Å². The minimum atomic E-state index is 0.287. The maximum Gasteiger partial charge on any atom is 0.0898 e. The fraction of sp³-hybridized carbons (Fsp3) is 0.357. The van der Waals surface area contributed by atoms with Crippen LogP contribution >= 0.6 is 11.3 Å². The average molecular weight is 246 g/mol. The van der Waals surface area contributed by atoms with Crippen LogP contribution in [0.5, 0.6) is 0 Å². The molecule has 2 rings (SSSR count). The number of benzene rings is 1. The summed E-state index contributed by atoms with van der Waals surface area (Å²) >= 11 is 1.70. The molecular weight excluding hydrogens is 228 g/mol. The Morgan fingerprint density at radius 2 is 1.82 bits per heavy atom. The highest BCUT2D eigenvalue weighted by atomic mass is 32.1. The molecule has 0 spiro atoms. The van der Waals surface area contributed by atoms with Gasteiger partial charge in [0.05, 0.1) is 10.7 Å². The second kappa shape index (κ2) is 5.43. The Morgan fingerprint density at radius 3 is 2.41 bits per heavy atom. The Morgan fingerprint density at radius 1 is 1.12 bits per heavy atom. The van der Waals surface area contributed by atoms with Gasteiger partial charge in [0.25, 0.3) is 0 Å². The van der Waals surface area contributed by atoms with Gasteiger partial charge in [-0.25, -0.2) is 4.98 Å². The first-order valence-corrected chi connectivity index (χ1v) is 6.78. The first-order chi connectivity index (χ1) is 8.16. The van der Waals surface area contributed by atoms with E-state index in [4.69, 9.17) is 0 Å². The maximum atomic E-state index is 4.51. The molecule has 2 atom stereocenters. The van der Waals surface area contributed by atoms with Crippen molar-refractivity contribution in [1.82, 2.24) is 10.3 Å². The van der Waals surface area contributed by atoms with Crippen LogP contribution in [-0.4, -0.2) is 4.98 Å². The zero-order chi connectivity index (χ0) is 12.3. The third-order valence-electron chi connectivity index (χ3n) is 2.88. The summed E-state index contributed by atoms with van der Waals surface area (Å²) in [4.78, 5) is 4.51. The molecule has 0 amide bonds. The van der Waals surface area contributed by atoms with E-state index in [0.29, 0.717) is 6.04 Å². The first kappa shape index (κ1) is 12.3. The molecule has 1 heterocycles. The second-order valence-electron chi connectivity index (χ2n) is 4.31. The van der Waals surface area contributed by atoms with E-state index in [2.05, 4.69) is 53.8 Å². The van der Waals surface area contributed by atoms with Crippen molar-refractivity contribution in [2.24, 2.45) is 0 Å². The molecule has 0 saturated carbocycles. The summed E-state index contributed by atoms with van der Waals surface area (Å²) < 4.78 is 0. The van der Waals surface area contributed by atoms with Crippen molar-refractivity contribution in [2.75, 3.05) is 0 Å². The van der Waals surface area contributed by atoms with Crippen molar-refractivity contribution >= 4 is 11.3 Å². The van der Waals surface area contributed by atoms with Gasteiger partial charge in [-0.3, -0.25) is 0 Å². The molecule has 0 radical (unpaired) electrons. The molecule has 17 heavy (non-hydrogen) atoms. The molecule has 3 heteroatoms. The molecule has 0 aliphatic rings. The van der Waals surface area contributed by atoms with Crippen LogP contribution in [0.25, 0.3) is 0 Å². The Bertz CT molecular complexity index is 464. The molecule has 1 unspecified atom stereocenters. The molecule has 2 nitrogen and oxygen atoms in total. The number of thiazole rings is 1. The van der Waals surface area contributed by atoms with Gasteiger partial charge in [0.2, 0.25) is 0 Å². The van der Waals surface area contributed by atoms with Gasteiger partial charge in [0.1, 0.15) is 0 Å². The third kappa shape index (κ3) is 3.14. The van der Waals surface area contributed by atoms with Crippen LogP contribution in [0.15, 0.2) is 35.7 Å². The van der Waals surface area contributed by atoms with Gasteiger partial charge < -0.3 is 5.32 Å². The van der Waals surface area contributed by atoms with Crippen molar-refractivity contribution < 1.29 is 0 Å². The Kier molecular flexibility index (Phi) is 3.92. The zero-order valence-electron chi connectivity index (χ0n) is 10.5. The van der Waals surface area contributed by atoms with E-state index in [1.807, 2.05) is 13.0 Å². The second-order valence-corrected chi connectivity index (χ2v) is 5.37. The fourth-order valence-electron chi connectivity index (χ4n) is 1.88. The van der Waals surface area contributed by atoms with Crippen LogP contribution in [0.4, 0.5) is 0 Å². The first-order valence-electron chi connectivity index (χ1n) is 5.90. The van der Waals surface area contributed by atoms with Crippen molar-refractivity contribution in [1.29, 1.82) is 0 Å². The Labute approximate surface area is 107 Å². The lowest BCUT2D eigenvalue weighted by Crippen LogP contribution is -2.22. The van der Waals surface area contributed by atoms with E-state index in [1.165, 1.54) is 5.56 Å². The third-order valence-corrected chi connectivity index (χ3v) is 3.67. The molecule has 1 N–H and O–H groups in total. The molecular formula is C14H18N2S. The number of hydrogen-bond donors (Lipinski definition) is 1. The van der Waals surface area contributed by atoms with Gasteiger partial charge in [0, 0.05) is 17.5 Å². The van der Waals surface area contributed by atoms with E-state index in [9.17, 15) is 0 Å². The molecule has 0 aliphatic carbocycles. The summed E-state index contributed by atoms with van der Waals surface area (Å²) in [5.41, 5.74) is 2.45. The van der Waals surface area contributed by atoms with Crippen molar-refractivity contribution in [3.05, 3.63) is 52.0 Å². The summed E-state index contributed by atoms with van der Waals surface area (Å²) in [6, 6.07) is 11.1. The van der Waals surface area contributed by atoms with E-state index in [-0.39, 0.29) is 6.04 Å². The fourth-order valence-corrected chi connectivity index (χ4v) is 2.58. The van der Waals surface area contributed by atoms with E-state index < -0.39 is 0 Å². The van der Waals surface area contributed by atoms with Gasteiger partial charge in [-0.2, -0.15) is 0 Å².